The second kappa shape index (κ2) is 8.62. The molecule has 0 spiro atoms. The summed E-state index contributed by atoms with van der Waals surface area (Å²) in [6.07, 6.45) is 2.17. The van der Waals surface area contributed by atoms with E-state index >= 15 is 0 Å². The van der Waals surface area contributed by atoms with Gasteiger partial charge in [0.15, 0.2) is 17.0 Å². The molecule has 0 saturated heterocycles. The van der Waals surface area contributed by atoms with E-state index in [1.54, 1.807) is 4.68 Å². The number of nitrogens with zero attached hydrogens (tertiary/aromatic N) is 7. The van der Waals surface area contributed by atoms with Crippen LogP contribution in [0.1, 0.15) is 24.7 Å². The Labute approximate surface area is 176 Å². The molecule has 156 valence electrons. The van der Waals surface area contributed by atoms with Crippen molar-refractivity contribution in [3.05, 3.63) is 67.8 Å². The van der Waals surface area contributed by atoms with Gasteiger partial charge in [0, 0.05) is 13.0 Å². The molecule has 3 aromatic heterocycles. The molecule has 0 radical (unpaired) electrons. The van der Waals surface area contributed by atoms with Gasteiger partial charge in [-0.1, -0.05) is 37.3 Å². The highest BCUT2D eigenvalue weighted by Gasteiger charge is 2.17. The minimum atomic E-state index is -0.458. The molecule has 10 nitrogen and oxygen atoms in total. The lowest BCUT2D eigenvalue weighted by Gasteiger charge is -2.11. The molecular weight excluding hydrogens is 408 g/mol. The van der Waals surface area contributed by atoms with Crippen LogP contribution in [0.4, 0.5) is 0 Å². The van der Waals surface area contributed by atoms with Crippen molar-refractivity contribution in [2.75, 3.05) is 0 Å². The van der Waals surface area contributed by atoms with Gasteiger partial charge in [0.25, 0.3) is 5.56 Å². The summed E-state index contributed by atoms with van der Waals surface area (Å²) in [6, 6.07) is 10.1. The topological polar surface area (TPSA) is 116 Å². The first-order chi connectivity index (χ1) is 14.6. The second-order valence-electron chi connectivity index (χ2n) is 6.92. The Hall–Kier alpha value is -3.27. The van der Waals surface area contributed by atoms with Crippen LogP contribution in [0.3, 0.4) is 0 Å². The van der Waals surface area contributed by atoms with Crippen LogP contribution in [0.5, 0.6) is 0 Å². The number of tetrazole rings is 1. The quantitative estimate of drug-likeness (QED) is 0.424. The van der Waals surface area contributed by atoms with Gasteiger partial charge in [0.2, 0.25) is 5.28 Å². The van der Waals surface area contributed by atoms with Crippen LogP contribution >= 0.6 is 11.6 Å². The van der Waals surface area contributed by atoms with Crippen LogP contribution in [0.2, 0.25) is 5.28 Å². The summed E-state index contributed by atoms with van der Waals surface area (Å²) >= 11 is 5.94. The van der Waals surface area contributed by atoms with E-state index in [2.05, 4.69) is 37.6 Å². The van der Waals surface area contributed by atoms with Gasteiger partial charge in [0.1, 0.15) is 0 Å². The monoisotopic (exact) mass is 428 g/mol. The summed E-state index contributed by atoms with van der Waals surface area (Å²) in [7, 11) is 0. The van der Waals surface area contributed by atoms with E-state index in [4.69, 9.17) is 11.6 Å². The van der Waals surface area contributed by atoms with Gasteiger partial charge < -0.3 is 4.98 Å². The van der Waals surface area contributed by atoms with Crippen molar-refractivity contribution in [2.45, 2.75) is 45.8 Å². The standard InChI is InChI=1S/C19H21ClN8O2/c1-2-10-26-16-15(21-18(20)22-16)17(29)27(19(26)30)11-12-28-14(23-24-25-28)9-8-13-6-4-3-5-7-13/h3-7H,2,8-12H2,1H3,(H,21,22). The van der Waals surface area contributed by atoms with Crippen LogP contribution < -0.4 is 11.2 Å². The number of aromatic nitrogens is 8. The zero-order valence-corrected chi connectivity index (χ0v) is 17.2. The maximum atomic E-state index is 12.9. The molecular formula is C19H21ClN8O2. The molecule has 4 aromatic rings. The van der Waals surface area contributed by atoms with E-state index < -0.39 is 11.2 Å². The van der Waals surface area contributed by atoms with E-state index in [-0.39, 0.29) is 23.0 Å². The number of benzene rings is 1. The molecule has 3 heterocycles. The van der Waals surface area contributed by atoms with Crippen molar-refractivity contribution in [3.63, 3.8) is 0 Å². The fourth-order valence-corrected chi connectivity index (χ4v) is 3.61. The minimum absolute atomic E-state index is 0.0766. The van der Waals surface area contributed by atoms with Crippen molar-refractivity contribution in [3.8, 4) is 0 Å². The molecule has 0 aliphatic carbocycles. The van der Waals surface area contributed by atoms with Gasteiger partial charge in [-0.2, -0.15) is 4.98 Å². The highest BCUT2D eigenvalue weighted by Crippen LogP contribution is 2.10. The lowest BCUT2D eigenvalue weighted by Crippen LogP contribution is -2.41. The summed E-state index contributed by atoms with van der Waals surface area (Å²) in [5.41, 5.74) is 0.803. The molecule has 4 rings (SSSR count). The number of rotatable bonds is 8. The van der Waals surface area contributed by atoms with Crippen LogP contribution in [-0.2, 0) is 32.5 Å². The third kappa shape index (κ3) is 3.90. The Morgan fingerprint density at radius 3 is 2.60 bits per heavy atom. The summed E-state index contributed by atoms with van der Waals surface area (Å²) in [4.78, 5) is 32.6. The van der Waals surface area contributed by atoms with Gasteiger partial charge in [0.05, 0.1) is 13.1 Å². The van der Waals surface area contributed by atoms with E-state index in [0.29, 0.717) is 31.8 Å². The van der Waals surface area contributed by atoms with E-state index in [9.17, 15) is 9.59 Å². The van der Waals surface area contributed by atoms with Crippen LogP contribution in [0.25, 0.3) is 11.2 Å². The fraction of sp³-hybridized carbons (Fsp3) is 0.368. The number of hydrogen-bond acceptors (Lipinski definition) is 6. The molecule has 0 aliphatic rings. The number of aromatic amines is 1. The highest BCUT2D eigenvalue weighted by molar-refractivity contribution is 6.28. The number of halogens is 1. The van der Waals surface area contributed by atoms with Gasteiger partial charge in [-0.15, -0.1) is 5.10 Å². The molecule has 0 fully saturated rings. The van der Waals surface area contributed by atoms with Gasteiger partial charge in [-0.3, -0.25) is 13.9 Å². The molecule has 0 amide bonds. The average Bonchev–Trinajstić information content (AvgIpc) is 3.36. The number of hydrogen-bond donors (Lipinski definition) is 1. The Kier molecular flexibility index (Phi) is 5.75. The Morgan fingerprint density at radius 2 is 1.83 bits per heavy atom. The van der Waals surface area contributed by atoms with Gasteiger partial charge in [-0.05, 0) is 40.4 Å². The van der Waals surface area contributed by atoms with Gasteiger partial charge >= 0.3 is 5.69 Å². The molecule has 0 aliphatic heterocycles. The van der Waals surface area contributed by atoms with Crippen molar-refractivity contribution in [1.82, 2.24) is 39.3 Å². The minimum Gasteiger partial charge on any atom is -0.323 e. The molecule has 1 aromatic carbocycles. The Balaban J connectivity index is 1.58. The predicted molar refractivity (Wildman–Crippen MR) is 112 cm³/mol. The predicted octanol–water partition coefficient (Wildman–Crippen LogP) is 1.42. The number of aryl methyl sites for hydroxylation is 4. The Bertz CT molecular complexity index is 1270. The molecule has 0 bridgehead atoms. The van der Waals surface area contributed by atoms with Crippen molar-refractivity contribution in [2.24, 2.45) is 0 Å². The number of imidazole rings is 1. The van der Waals surface area contributed by atoms with E-state index in [1.165, 1.54) is 14.7 Å². The number of fused-ring (bicyclic) bond motifs is 1. The van der Waals surface area contributed by atoms with Crippen LogP contribution in [-0.4, -0.2) is 39.3 Å². The molecule has 11 heteroatoms. The first kappa shape index (κ1) is 20.0. The normalized spacial score (nSPS) is 11.4. The van der Waals surface area contributed by atoms with Crippen molar-refractivity contribution < 1.29 is 0 Å². The smallest absolute Gasteiger partial charge is 0.323 e. The Morgan fingerprint density at radius 1 is 1.03 bits per heavy atom. The molecule has 0 saturated carbocycles. The van der Waals surface area contributed by atoms with E-state index in [1.807, 2.05) is 25.1 Å². The molecule has 0 atom stereocenters. The number of H-pyrrole nitrogens is 1. The molecule has 0 unspecified atom stereocenters. The first-order valence-electron chi connectivity index (χ1n) is 9.76. The largest absolute Gasteiger partial charge is 0.332 e. The fourth-order valence-electron chi connectivity index (χ4n) is 3.43. The maximum Gasteiger partial charge on any atom is 0.332 e. The first-order valence-corrected chi connectivity index (χ1v) is 10.1. The summed E-state index contributed by atoms with van der Waals surface area (Å²) in [6.45, 7) is 2.81. The van der Waals surface area contributed by atoms with Crippen molar-refractivity contribution >= 4 is 22.8 Å². The zero-order chi connectivity index (χ0) is 21.1. The number of nitrogens with one attached hydrogen (secondary N) is 1. The molecule has 1 N–H and O–H groups in total. The van der Waals surface area contributed by atoms with Crippen LogP contribution in [0.15, 0.2) is 39.9 Å². The summed E-state index contributed by atoms with van der Waals surface area (Å²) in [5.74, 6) is 0.700. The molecule has 30 heavy (non-hydrogen) atoms. The third-order valence-corrected chi connectivity index (χ3v) is 5.08. The van der Waals surface area contributed by atoms with Gasteiger partial charge in [-0.25, -0.2) is 9.48 Å². The SMILES string of the molecule is CCCn1c(=O)n(CCn2nnnc2CCc2ccccc2)c(=O)c2[nH]c(Cl)nc21. The highest BCUT2D eigenvalue weighted by atomic mass is 35.5. The lowest BCUT2D eigenvalue weighted by atomic mass is 10.1. The average molecular weight is 429 g/mol. The summed E-state index contributed by atoms with van der Waals surface area (Å²) in [5, 5.41) is 11.9. The van der Waals surface area contributed by atoms with Crippen LogP contribution in [0, 0.1) is 0 Å². The van der Waals surface area contributed by atoms with Crippen molar-refractivity contribution in [1.29, 1.82) is 0 Å². The third-order valence-electron chi connectivity index (χ3n) is 4.90. The summed E-state index contributed by atoms with van der Waals surface area (Å²) < 4.78 is 4.27. The zero-order valence-electron chi connectivity index (χ0n) is 16.5. The lowest BCUT2D eigenvalue weighted by molar-refractivity contribution is 0.470. The maximum absolute atomic E-state index is 12.9. The van der Waals surface area contributed by atoms with E-state index in [0.717, 1.165) is 6.42 Å². The second-order valence-corrected chi connectivity index (χ2v) is 7.28.